The van der Waals surface area contributed by atoms with E-state index < -0.39 is 0 Å². The lowest BCUT2D eigenvalue weighted by molar-refractivity contribution is 0.274. The van der Waals surface area contributed by atoms with Gasteiger partial charge in [-0.05, 0) is 30.8 Å². The summed E-state index contributed by atoms with van der Waals surface area (Å²) in [5.41, 5.74) is 1.39. The predicted octanol–water partition coefficient (Wildman–Crippen LogP) is 5.75. The van der Waals surface area contributed by atoms with Gasteiger partial charge in [0.2, 0.25) is 0 Å². The molecule has 0 radical (unpaired) electrons. The quantitative estimate of drug-likeness (QED) is 0.598. The summed E-state index contributed by atoms with van der Waals surface area (Å²) in [6.45, 7) is 20.9. The van der Waals surface area contributed by atoms with Gasteiger partial charge in [-0.1, -0.05) is 55.4 Å². The minimum atomic E-state index is 0.798. The molecular formula is C18H38N2. The molecule has 0 saturated carbocycles. The number of amidine groups is 1. The molecular weight excluding hydrogens is 244 g/mol. The Bertz CT molecular complexity index is 277. The average Bonchev–Trinajstić information content (AvgIpc) is 2.52. The summed E-state index contributed by atoms with van der Waals surface area (Å²) in [5.74, 6) is 2.95. The van der Waals surface area contributed by atoms with Crippen LogP contribution in [0.1, 0.15) is 75.2 Å². The van der Waals surface area contributed by atoms with Gasteiger partial charge in [-0.25, -0.2) is 0 Å². The molecule has 0 bridgehead atoms. The third-order valence-corrected chi connectivity index (χ3v) is 3.33. The van der Waals surface area contributed by atoms with Crippen LogP contribution in [0.2, 0.25) is 0 Å². The molecule has 20 heavy (non-hydrogen) atoms. The Hall–Kier alpha value is -0.790. The van der Waals surface area contributed by atoms with Crippen molar-refractivity contribution in [2.75, 3.05) is 13.1 Å². The van der Waals surface area contributed by atoms with Gasteiger partial charge in [0.25, 0.3) is 0 Å². The summed E-state index contributed by atoms with van der Waals surface area (Å²) in [7, 11) is 0. The number of hydrogen-bond acceptors (Lipinski definition) is 2. The second-order valence-corrected chi connectivity index (χ2v) is 4.90. The van der Waals surface area contributed by atoms with E-state index in [9.17, 15) is 0 Å². The first-order valence-corrected chi connectivity index (χ1v) is 8.64. The Morgan fingerprint density at radius 3 is 2.15 bits per heavy atom. The van der Waals surface area contributed by atoms with Crippen LogP contribution >= 0.6 is 0 Å². The van der Waals surface area contributed by atoms with E-state index >= 15 is 0 Å². The van der Waals surface area contributed by atoms with Crippen LogP contribution < -0.4 is 0 Å². The SMILES string of the molecule is CC.CC.CC.CC1=CN2CC(C(C)C)CCC2=NC1. The molecule has 2 nitrogen and oxygen atoms in total. The van der Waals surface area contributed by atoms with E-state index in [2.05, 4.69) is 36.9 Å². The third kappa shape index (κ3) is 7.12. The molecule has 0 amide bonds. The first-order valence-electron chi connectivity index (χ1n) is 8.64. The van der Waals surface area contributed by atoms with Crippen molar-refractivity contribution in [1.82, 2.24) is 4.90 Å². The molecule has 1 unspecified atom stereocenters. The first kappa shape index (κ1) is 21.5. The van der Waals surface area contributed by atoms with Gasteiger partial charge in [0, 0.05) is 19.2 Å². The molecule has 120 valence electrons. The Labute approximate surface area is 128 Å². The highest BCUT2D eigenvalue weighted by Gasteiger charge is 2.26. The van der Waals surface area contributed by atoms with Crippen LogP contribution in [-0.4, -0.2) is 23.8 Å². The lowest BCUT2D eigenvalue weighted by atomic mass is 9.87. The lowest BCUT2D eigenvalue weighted by Gasteiger charge is -2.37. The minimum absolute atomic E-state index is 0.798. The number of aliphatic imine (C=N–C) groups is 1. The van der Waals surface area contributed by atoms with Gasteiger partial charge in [-0.2, -0.15) is 0 Å². The third-order valence-electron chi connectivity index (χ3n) is 3.33. The fourth-order valence-corrected chi connectivity index (χ4v) is 2.27. The summed E-state index contributed by atoms with van der Waals surface area (Å²) in [5, 5.41) is 0. The molecule has 2 heteroatoms. The number of piperidine rings is 1. The van der Waals surface area contributed by atoms with Crippen molar-refractivity contribution in [3.8, 4) is 0 Å². The average molecular weight is 283 g/mol. The van der Waals surface area contributed by atoms with Crippen LogP contribution in [0.4, 0.5) is 0 Å². The zero-order valence-electron chi connectivity index (χ0n) is 15.5. The summed E-state index contributed by atoms with van der Waals surface area (Å²) in [4.78, 5) is 6.97. The second kappa shape index (κ2) is 13.2. The molecule has 2 rings (SSSR count). The molecule has 0 aromatic heterocycles. The molecule has 2 aliphatic rings. The maximum absolute atomic E-state index is 4.60. The van der Waals surface area contributed by atoms with Crippen molar-refractivity contribution in [3.05, 3.63) is 11.8 Å². The lowest BCUT2D eigenvalue weighted by Crippen LogP contribution is -2.40. The Morgan fingerprint density at radius 2 is 1.65 bits per heavy atom. The molecule has 0 aromatic carbocycles. The Morgan fingerprint density at radius 1 is 1.10 bits per heavy atom. The van der Waals surface area contributed by atoms with Crippen LogP contribution in [0.5, 0.6) is 0 Å². The zero-order chi connectivity index (χ0) is 16.1. The van der Waals surface area contributed by atoms with Crippen LogP contribution in [0, 0.1) is 11.8 Å². The highest BCUT2D eigenvalue weighted by atomic mass is 15.2. The number of fused-ring (bicyclic) bond motifs is 1. The summed E-state index contributed by atoms with van der Waals surface area (Å²) >= 11 is 0. The van der Waals surface area contributed by atoms with Crippen LogP contribution in [0.15, 0.2) is 16.8 Å². The van der Waals surface area contributed by atoms with Crippen LogP contribution in [0.25, 0.3) is 0 Å². The van der Waals surface area contributed by atoms with Crippen molar-refractivity contribution in [3.63, 3.8) is 0 Å². The highest BCUT2D eigenvalue weighted by molar-refractivity contribution is 5.85. The van der Waals surface area contributed by atoms with Gasteiger partial charge in [0.15, 0.2) is 0 Å². The predicted molar refractivity (Wildman–Crippen MR) is 94.4 cm³/mol. The maximum atomic E-state index is 4.60. The summed E-state index contributed by atoms with van der Waals surface area (Å²) in [6.07, 6.45) is 4.78. The van der Waals surface area contributed by atoms with Crippen LogP contribution in [-0.2, 0) is 0 Å². The van der Waals surface area contributed by atoms with Gasteiger partial charge >= 0.3 is 0 Å². The summed E-state index contributed by atoms with van der Waals surface area (Å²) < 4.78 is 0. The smallest absolute Gasteiger partial charge is 0.103 e. The van der Waals surface area contributed by atoms with Gasteiger partial charge in [-0.3, -0.25) is 4.99 Å². The van der Waals surface area contributed by atoms with E-state index in [1.165, 1.54) is 30.8 Å². The molecule has 2 aliphatic heterocycles. The fraction of sp³-hybridized carbons (Fsp3) is 0.833. The van der Waals surface area contributed by atoms with E-state index in [1.807, 2.05) is 41.5 Å². The normalized spacial score (nSPS) is 19.9. The zero-order valence-corrected chi connectivity index (χ0v) is 15.5. The van der Waals surface area contributed by atoms with E-state index in [0.717, 1.165) is 18.4 Å². The molecule has 0 aromatic rings. The van der Waals surface area contributed by atoms with E-state index in [4.69, 9.17) is 0 Å². The van der Waals surface area contributed by atoms with Crippen molar-refractivity contribution < 1.29 is 0 Å². The monoisotopic (exact) mass is 282 g/mol. The largest absolute Gasteiger partial charge is 0.336 e. The summed E-state index contributed by atoms with van der Waals surface area (Å²) in [6, 6.07) is 0. The molecule has 0 N–H and O–H groups in total. The number of nitrogens with zero attached hydrogens (tertiary/aromatic N) is 2. The number of hydrogen-bond donors (Lipinski definition) is 0. The van der Waals surface area contributed by atoms with Gasteiger partial charge in [-0.15, -0.1) is 0 Å². The molecule has 0 spiro atoms. The first-order chi connectivity index (χ1) is 9.66. The van der Waals surface area contributed by atoms with Crippen molar-refractivity contribution in [1.29, 1.82) is 0 Å². The highest BCUT2D eigenvalue weighted by Crippen LogP contribution is 2.27. The van der Waals surface area contributed by atoms with E-state index in [-0.39, 0.29) is 0 Å². The van der Waals surface area contributed by atoms with E-state index in [0.29, 0.717) is 0 Å². The molecule has 1 saturated heterocycles. The van der Waals surface area contributed by atoms with Crippen molar-refractivity contribution in [2.24, 2.45) is 16.8 Å². The van der Waals surface area contributed by atoms with Crippen LogP contribution in [0.3, 0.4) is 0 Å². The maximum Gasteiger partial charge on any atom is 0.103 e. The second-order valence-electron chi connectivity index (χ2n) is 4.90. The van der Waals surface area contributed by atoms with Gasteiger partial charge in [0.1, 0.15) is 5.84 Å². The van der Waals surface area contributed by atoms with Gasteiger partial charge < -0.3 is 4.90 Å². The Balaban J connectivity index is 0. The molecule has 1 atom stereocenters. The number of rotatable bonds is 1. The fourth-order valence-electron chi connectivity index (χ4n) is 2.27. The van der Waals surface area contributed by atoms with Crippen molar-refractivity contribution >= 4 is 5.84 Å². The van der Waals surface area contributed by atoms with E-state index in [1.54, 1.807) is 0 Å². The standard InChI is InChI=1S/C12H20N2.3C2H6/c1-9(2)11-4-5-12-13-6-10(3)7-14(12)8-11;3*1-2/h7,9,11H,4-6,8H2,1-3H3;3*1-2H3. The molecule has 2 heterocycles. The van der Waals surface area contributed by atoms with Crippen molar-refractivity contribution in [2.45, 2.75) is 75.2 Å². The van der Waals surface area contributed by atoms with Gasteiger partial charge in [0.05, 0.1) is 6.54 Å². The molecule has 1 fully saturated rings. The Kier molecular flexibility index (Phi) is 14.2. The molecule has 0 aliphatic carbocycles. The topological polar surface area (TPSA) is 15.6 Å². The minimum Gasteiger partial charge on any atom is -0.336 e.